The second kappa shape index (κ2) is 4.00. The first-order chi connectivity index (χ1) is 7.27. The topological polar surface area (TPSA) is 37.8 Å². The Morgan fingerprint density at radius 3 is 2.67 bits per heavy atom. The van der Waals surface area contributed by atoms with Crippen molar-refractivity contribution in [2.45, 2.75) is 6.92 Å². The first-order valence-electron chi connectivity index (χ1n) is 4.77. The number of nitrogens with zero attached hydrogens (tertiary/aromatic N) is 1. The molecular weight excluding hydrogens is 188 g/mol. The summed E-state index contributed by atoms with van der Waals surface area (Å²) in [6.45, 7) is 1.98. The second-order valence-electron chi connectivity index (χ2n) is 3.35. The average Bonchev–Trinajstić information content (AvgIpc) is 2.66. The SMILES string of the molecule is C/C(=C/n1cc[nH]c1=O)c1ccccc1. The molecule has 0 aliphatic carbocycles. The molecule has 1 heterocycles. The highest BCUT2D eigenvalue weighted by molar-refractivity contribution is 5.73. The molecule has 0 saturated heterocycles. The highest BCUT2D eigenvalue weighted by Gasteiger charge is 1.95. The van der Waals surface area contributed by atoms with Gasteiger partial charge in [0.1, 0.15) is 0 Å². The van der Waals surface area contributed by atoms with Crippen molar-refractivity contribution in [1.82, 2.24) is 9.55 Å². The lowest BCUT2D eigenvalue weighted by molar-refractivity contribution is 1.05. The van der Waals surface area contributed by atoms with E-state index in [0.29, 0.717) is 0 Å². The van der Waals surface area contributed by atoms with Crippen LogP contribution in [0.15, 0.2) is 47.5 Å². The molecule has 0 aliphatic rings. The van der Waals surface area contributed by atoms with Gasteiger partial charge in [0, 0.05) is 18.6 Å². The van der Waals surface area contributed by atoms with Gasteiger partial charge in [-0.1, -0.05) is 30.3 Å². The molecule has 0 saturated carbocycles. The van der Waals surface area contributed by atoms with Crippen LogP contribution < -0.4 is 5.69 Å². The van der Waals surface area contributed by atoms with Crippen LogP contribution in [-0.2, 0) is 0 Å². The zero-order valence-electron chi connectivity index (χ0n) is 8.47. The summed E-state index contributed by atoms with van der Waals surface area (Å²) in [5.41, 5.74) is 2.05. The van der Waals surface area contributed by atoms with Crippen molar-refractivity contribution in [3.63, 3.8) is 0 Å². The number of benzene rings is 1. The molecule has 0 spiro atoms. The van der Waals surface area contributed by atoms with Gasteiger partial charge in [-0.05, 0) is 18.1 Å². The Bertz CT molecular complexity index is 520. The number of imidazole rings is 1. The molecule has 0 amide bonds. The summed E-state index contributed by atoms with van der Waals surface area (Å²) in [4.78, 5) is 13.8. The fourth-order valence-corrected chi connectivity index (χ4v) is 1.42. The van der Waals surface area contributed by atoms with Crippen LogP contribution in [0.1, 0.15) is 12.5 Å². The van der Waals surface area contributed by atoms with Gasteiger partial charge in [0.25, 0.3) is 0 Å². The summed E-state index contributed by atoms with van der Waals surface area (Å²) in [7, 11) is 0. The van der Waals surface area contributed by atoms with Crippen LogP contribution >= 0.6 is 0 Å². The Morgan fingerprint density at radius 2 is 2.07 bits per heavy atom. The Kier molecular flexibility index (Phi) is 2.54. The first kappa shape index (κ1) is 9.52. The van der Waals surface area contributed by atoms with E-state index in [-0.39, 0.29) is 5.69 Å². The van der Waals surface area contributed by atoms with Gasteiger partial charge in [-0.15, -0.1) is 0 Å². The van der Waals surface area contributed by atoms with Crippen molar-refractivity contribution in [3.8, 4) is 0 Å². The number of nitrogens with one attached hydrogen (secondary N) is 1. The molecule has 3 nitrogen and oxygen atoms in total. The van der Waals surface area contributed by atoms with Gasteiger partial charge < -0.3 is 4.98 Å². The maximum absolute atomic E-state index is 11.2. The minimum absolute atomic E-state index is 0.120. The molecule has 1 aromatic carbocycles. The minimum Gasteiger partial charge on any atom is -0.312 e. The lowest BCUT2D eigenvalue weighted by atomic mass is 10.1. The number of aromatic nitrogens is 2. The van der Waals surface area contributed by atoms with E-state index in [0.717, 1.165) is 11.1 Å². The normalized spacial score (nSPS) is 11.7. The van der Waals surface area contributed by atoms with Crippen molar-refractivity contribution in [3.05, 3.63) is 58.8 Å². The number of allylic oxidation sites excluding steroid dienone is 1. The fraction of sp³-hybridized carbons (Fsp3) is 0.0833. The van der Waals surface area contributed by atoms with E-state index in [2.05, 4.69) is 4.98 Å². The van der Waals surface area contributed by atoms with Crippen LogP contribution in [0.5, 0.6) is 0 Å². The Hall–Kier alpha value is -2.03. The van der Waals surface area contributed by atoms with Gasteiger partial charge >= 0.3 is 5.69 Å². The average molecular weight is 200 g/mol. The van der Waals surface area contributed by atoms with Crippen molar-refractivity contribution < 1.29 is 0 Å². The van der Waals surface area contributed by atoms with Gasteiger partial charge in [0.2, 0.25) is 0 Å². The zero-order chi connectivity index (χ0) is 10.7. The van der Waals surface area contributed by atoms with Crippen LogP contribution in [-0.4, -0.2) is 9.55 Å². The molecule has 15 heavy (non-hydrogen) atoms. The second-order valence-corrected chi connectivity index (χ2v) is 3.35. The third-order valence-corrected chi connectivity index (χ3v) is 2.24. The summed E-state index contributed by atoms with van der Waals surface area (Å²) < 4.78 is 1.53. The van der Waals surface area contributed by atoms with E-state index in [1.54, 1.807) is 12.4 Å². The predicted octanol–water partition coefficient (Wildman–Crippen LogP) is 2.19. The maximum atomic E-state index is 11.2. The summed E-state index contributed by atoms with van der Waals surface area (Å²) in [5.74, 6) is 0. The summed E-state index contributed by atoms with van der Waals surface area (Å²) in [6.07, 6.45) is 5.14. The molecular formula is C12H12N2O. The number of hydrogen-bond donors (Lipinski definition) is 1. The van der Waals surface area contributed by atoms with Gasteiger partial charge in [0.15, 0.2) is 0 Å². The number of rotatable bonds is 2. The molecule has 0 atom stereocenters. The zero-order valence-corrected chi connectivity index (χ0v) is 8.47. The maximum Gasteiger partial charge on any atom is 0.329 e. The van der Waals surface area contributed by atoms with Gasteiger partial charge in [0.05, 0.1) is 0 Å². The van der Waals surface area contributed by atoms with E-state index >= 15 is 0 Å². The third-order valence-electron chi connectivity index (χ3n) is 2.24. The summed E-state index contributed by atoms with van der Waals surface area (Å²) >= 11 is 0. The molecule has 0 unspecified atom stereocenters. The molecule has 1 N–H and O–H groups in total. The lowest BCUT2D eigenvalue weighted by Crippen LogP contribution is -2.10. The van der Waals surface area contributed by atoms with Crippen LogP contribution in [0.2, 0.25) is 0 Å². The van der Waals surface area contributed by atoms with Gasteiger partial charge in [-0.2, -0.15) is 0 Å². The molecule has 2 rings (SSSR count). The van der Waals surface area contributed by atoms with Crippen molar-refractivity contribution >= 4 is 11.8 Å². The first-order valence-corrected chi connectivity index (χ1v) is 4.77. The van der Waals surface area contributed by atoms with Crippen LogP contribution in [0.3, 0.4) is 0 Å². The van der Waals surface area contributed by atoms with Crippen LogP contribution in [0, 0.1) is 0 Å². The number of H-pyrrole nitrogens is 1. The molecule has 0 fully saturated rings. The molecule has 1 aromatic heterocycles. The van der Waals surface area contributed by atoms with Crippen molar-refractivity contribution in [2.24, 2.45) is 0 Å². The molecule has 0 bridgehead atoms. The van der Waals surface area contributed by atoms with E-state index in [4.69, 9.17) is 0 Å². The summed E-state index contributed by atoms with van der Waals surface area (Å²) in [6, 6.07) is 9.96. The van der Waals surface area contributed by atoms with Gasteiger partial charge in [-0.3, -0.25) is 4.57 Å². The molecule has 76 valence electrons. The largest absolute Gasteiger partial charge is 0.329 e. The molecule has 3 heteroatoms. The standard InChI is InChI=1S/C12H12N2O/c1-10(11-5-3-2-4-6-11)9-14-8-7-13-12(14)15/h2-9H,1H3,(H,13,15)/b10-9-. The number of hydrogen-bond acceptors (Lipinski definition) is 1. The quantitative estimate of drug-likeness (QED) is 0.792. The van der Waals surface area contributed by atoms with E-state index in [9.17, 15) is 4.79 Å². The molecule has 2 aromatic rings. The Morgan fingerprint density at radius 1 is 1.33 bits per heavy atom. The van der Waals surface area contributed by atoms with E-state index < -0.39 is 0 Å². The lowest BCUT2D eigenvalue weighted by Gasteiger charge is -2.00. The Labute approximate surface area is 87.7 Å². The summed E-state index contributed by atoms with van der Waals surface area (Å²) in [5, 5.41) is 0. The Balaban J connectivity index is 2.37. The number of aromatic amines is 1. The third kappa shape index (κ3) is 2.07. The molecule has 0 radical (unpaired) electrons. The monoisotopic (exact) mass is 200 g/mol. The highest BCUT2D eigenvalue weighted by Crippen LogP contribution is 2.12. The fourth-order valence-electron chi connectivity index (χ4n) is 1.42. The molecule has 0 aliphatic heterocycles. The smallest absolute Gasteiger partial charge is 0.312 e. The van der Waals surface area contributed by atoms with Crippen molar-refractivity contribution in [1.29, 1.82) is 0 Å². The van der Waals surface area contributed by atoms with Crippen LogP contribution in [0.4, 0.5) is 0 Å². The van der Waals surface area contributed by atoms with Crippen LogP contribution in [0.25, 0.3) is 11.8 Å². The van der Waals surface area contributed by atoms with Gasteiger partial charge in [-0.25, -0.2) is 4.79 Å². The van der Waals surface area contributed by atoms with E-state index in [1.807, 2.05) is 43.5 Å². The minimum atomic E-state index is -0.120. The predicted molar refractivity (Wildman–Crippen MR) is 61.3 cm³/mol. The van der Waals surface area contributed by atoms with E-state index in [1.165, 1.54) is 4.57 Å². The van der Waals surface area contributed by atoms with Crippen molar-refractivity contribution in [2.75, 3.05) is 0 Å². The highest BCUT2D eigenvalue weighted by atomic mass is 16.1.